The summed E-state index contributed by atoms with van der Waals surface area (Å²) in [6.45, 7) is 0.778. The second kappa shape index (κ2) is 8.54. The lowest BCUT2D eigenvalue weighted by Crippen LogP contribution is -2.44. The van der Waals surface area contributed by atoms with Gasteiger partial charge in [-0.3, -0.25) is 4.79 Å². The van der Waals surface area contributed by atoms with Crippen LogP contribution >= 0.6 is 0 Å². The molecule has 0 spiro atoms. The van der Waals surface area contributed by atoms with E-state index >= 15 is 0 Å². The number of pyridine rings is 1. The van der Waals surface area contributed by atoms with Crippen molar-refractivity contribution in [2.75, 3.05) is 18.4 Å². The van der Waals surface area contributed by atoms with Crippen molar-refractivity contribution in [2.45, 2.75) is 25.0 Å². The van der Waals surface area contributed by atoms with Crippen LogP contribution in [0.5, 0.6) is 5.75 Å². The highest BCUT2D eigenvalue weighted by Crippen LogP contribution is 2.30. The summed E-state index contributed by atoms with van der Waals surface area (Å²) >= 11 is 0. The maximum Gasteiger partial charge on any atom is 0.573 e. The summed E-state index contributed by atoms with van der Waals surface area (Å²) in [4.78, 5) is 24.9. The highest BCUT2D eigenvalue weighted by atomic mass is 19.4. The van der Waals surface area contributed by atoms with Crippen LogP contribution in [0, 0.1) is 0 Å². The predicted molar refractivity (Wildman–Crippen MR) is 108 cm³/mol. The summed E-state index contributed by atoms with van der Waals surface area (Å²) in [5, 5.41) is 6.09. The van der Waals surface area contributed by atoms with Gasteiger partial charge in [-0.25, -0.2) is 19.3 Å². The Balaban J connectivity index is 1.74. The topological polar surface area (TPSA) is 115 Å². The van der Waals surface area contributed by atoms with Crippen LogP contribution in [0.25, 0.3) is 22.3 Å². The Bertz CT molecular complexity index is 1140. The van der Waals surface area contributed by atoms with E-state index in [0.717, 1.165) is 12.1 Å². The van der Waals surface area contributed by atoms with Gasteiger partial charge in [-0.2, -0.15) is 0 Å². The number of alkyl halides is 4. The van der Waals surface area contributed by atoms with E-state index in [0.29, 0.717) is 12.1 Å². The minimum absolute atomic E-state index is 0.0659. The molecule has 8 nitrogen and oxygen atoms in total. The number of primary amides is 1. The quantitative estimate of drug-likeness (QED) is 0.512. The van der Waals surface area contributed by atoms with Gasteiger partial charge in [0.15, 0.2) is 5.82 Å². The van der Waals surface area contributed by atoms with Gasteiger partial charge in [-0.05, 0) is 30.3 Å². The zero-order valence-corrected chi connectivity index (χ0v) is 16.5. The number of carbonyl (C=O) groups excluding carboxylic acids is 1. The molecule has 0 saturated carbocycles. The molecule has 0 unspecified atom stereocenters. The van der Waals surface area contributed by atoms with Crippen LogP contribution in [-0.4, -0.2) is 52.5 Å². The van der Waals surface area contributed by atoms with E-state index in [4.69, 9.17) is 5.73 Å². The van der Waals surface area contributed by atoms with Crippen molar-refractivity contribution in [1.29, 1.82) is 0 Å². The molecule has 1 fully saturated rings. The van der Waals surface area contributed by atoms with Crippen molar-refractivity contribution in [2.24, 2.45) is 5.73 Å². The molecule has 2 aromatic heterocycles. The third kappa shape index (κ3) is 4.85. The van der Waals surface area contributed by atoms with Gasteiger partial charge in [-0.15, -0.1) is 13.2 Å². The number of benzene rings is 1. The average Bonchev–Trinajstić information content (AvgIpc) is 2.73. The molecular formula is C20H18F4N6O2. The van der Waals surface area contributed by atoms with Crippen molar-refractivity contribution in [3.63, 3.8) is 0 Å². The zero-order valence-electron chi connectivity index (χ0n) is 16.5. The second-order valence-electron chi connectivity index (χ2n) is 7.24. The summed E-state index contributed by atoms with van der Waals surface area (Å²) in [7, 11) is 0. The van der Waals surface area contributed by atoms with Gasteiger partial charge >= 0.3 is 6.36 Å². The number of nitrogens with two attached hydrogens (primary N) is 1. The molecule has 4 rings (SSSR count). The van der Waals surface area contributed by atoms with E-state index in [1.165, 1.54) is 24.5 Å². The fourth-order valence-electron chi connectivity index (χ4n) is 3.50. The minimum atomic E-state index is -4.81. The number of hydrogen-bond acceptors (Lipinski definition) is 7. The number of halogens is 4. The molecule has 0 bridgehead atoms. The van der Waals surface area contributed by atoms with Crippen molar-refractivity contribution in [1.82, 2.24) is 20.3 Å². The first kappa shape index (κ1) is 21.7. The van der Waals surface area contributed by atoms with Gasteiger partial charge < -0.3 is 21.1 Å². The highest BCUT2D eigenvalue weighted by molar-refractivity contribution is 6.06. The van der Waals surface area contributed by atoms with Gasteiger partial charge in [0.25, 0.3) is 5.91 Å². The predicted octanol–water partition coefficient (Wildman–Crippen LogP) is 2.80. The molecule has 0 radical (unpaired) electrons. The number of aromatic nitrogens is 3. The van der Waals surface area contributed by atoms with Crippen LogP contribution in [0.1, 0.15) is 16.8 Å². The summed E-state index contributed by atoms with van der Waals surface area (Å²) in [6, 6.07) is 6.15. The number of piperidine rings is 1. The largest absolute Gasteiger partial charge is 0.573 e. The van der Waals surface area contributed by atoms with Crippen molar-refractivity contribution in [3.8, 4) is 17.0 Å². The Morgan fingerprint density at radius 1 is 1.16 bits per heavy atom. The van der Waals surface area contributed by atoms with E-state index in [1.54, 1.807) is 0 Å². The molecule has 2 atom stereocenters. The lowest BCUT2D eigenvalue weighted by Gasteiger charge is -2.27. The summed E-state index contributed by atoms with van der Waals surface area (Å²) in [6.07, 6.45) is -4.32. The maximum absolute atomic E-state index is 13.7. The van der Waals surface area contributed by atoms with Crippen LogP contribution in [0.3, 0.4) is 0 Å². The normalized spacial score (nSPS) is 19.0. The van der Waals surface area contributed by atoms with Gasteiger partial charge in [0, 0.05) is 31.1 Å². The zero-order chi connectivity index (χ0) is 22.9. The first-order valence-electron chi connectivity index (χ1n) is 9.62. The van der Waals surface area contributed by atoms with Gasteiger partial charge in [-0.1, -0.05) is 0 Å². The van der Waals surface area contributed by atoms with E-state index < -0.39 is 24.2 Å². The molecule has 1 aromatic carbocycles. The molecule has 0 aliphatic carbocycles. The number of anilines is 1. The molecular weight excluding hydrogens is 432 g/mol. The number of carbonyl (C=O) groups is 1. The molecule has 1 saturated heterocycles. The van der Waals surface area contributed by atoms with Crippen molar-refractivity contribution >= 4 is 22.8 Å². The number of nitrogens with one attached hydrogen (secondary N) is 2. The molecule has 3 aromatic rings. The molecule has 1 aliphatic rings. The van der Waals surface area contributed by atoms with Crippen LogP contribution in [0.15, 0.2) is 36.7 Å². The summed E-state index contributed by atoms with van der Waals surface area (Å²) in [5.74, 6) is -0.866. The number of amides is 1. The van der Waals surface area contributed by atoms with Crippen molar-refractivity contribution < 1.29 is 27.1 Å². The smallest absolute Gasteiger partial charge is 0.406 e. The van der Waals surface area contributed by atoms with Gasteiger partial charge in [0.1, 0.15) is 29.3 Å². The van der Waals surface area contributed by atoms with Crippen LogP contribution < -0.4 is 21.1 Å². The fraction of sp³-hybridized carbons (Fsp3) is 0.300. The van der Waals surface area contributed by atoms with E-state index in [1.807, 2.05) is 0 Å². The number of fused-ring (bicyclic) bond motifs is 1. The molecule has 32 heavy (non-hydrogen) atoms. The third-order valence-electron chi connectivity index (χ3n) is 4.88. The Labute approximate surface area is 179 Å². The first-order chi connectivity index (χ1) is 15.2. The number of hydrogen-bond donors (Lipinski definition) is 3. The fourth-order valence-corrected chi connectivity index (χ4v) is 3.50. The highest BCUT2D eigenvalue weighted by Gasteiger charge is 2.31. The molecule has 1 amide bonds. The van der Waals surface area contributed by atoms with Gasteiger partial charge in [0.05, 0.1) is 11.3 Å². The standard InChI is InChI=1S/C20H18F4N6O2/c21-11-5-12(8-26-7-11)29-19-17-16(27-9-28-19)14(18(25)31)6-15(30-17)10-1-3-13(4-2-10)32-20(22,23)24/h1-4,6,9,11-12,26H,5,7-8H2,(H2,25,31)(H,27,28,29)/t11-,12-/m0/s1. The molecule has 1 aliphatic heterocycles. The Kier molecular flexibility index (Phi) is 5.78. The monoisotopic (exact) mass is 450 g/mol. The average molecular weight is 450 g/mol. The van der Waals surface area contributed by atoms with Gasteiger partial charge in [0.2, 0.25) is 0 Å². The Hall–Kier alpha value is -3.54. The molecule has 168 valence electrons. The molecule has 3 heterocycles. The van der Waals surface area contributed by atoms with Crippen molar-refractivity contribution in [3.05, 3.63) is 42.2 Å². The molecule has 4 N–H and O–H groups in total. The lowest BCUT2D eigenvalue weighted by molar-refractivity contribution is -0.274. The number of nitrogens with zero attached hydrogens (tertiary/aromatic N) is 3. The van der Waals surface area contributed by atoms with E-state index in [-0.39, 0.29) is 47.1 Å². The second-order valence-corrected chi connectivity index (χ2v) is 7.24. The van der Waals surface area contributed by atoms with E-state index in [9.17, 15) is 22.4 Å². The Morgan fingerprint density at radius 2 is 1.91 bits per heavy atom. The number of ether oxygens (including phenoxy) is 1. The van der Waals surface area contributed by atoms with Crippen LogP contribution in [0.4, 0.5) is 23.4 Å². The van der Waals surface area contributed by atoms with Crippen LogP contribution in [0.2, 0.25) is 0 Å². The van der Waals surface area contributed by atoms with Crippen LogP contribution in [-0.2, 0) is 0 Å². The lowest BCUT2D eigenvalue weighted by atomic mass is 10.1. The maximum atomic E-state index is 13.7. The number of rotatable bonds is 5. The minimum Gasteiger partial charge on any atom is -0.406 e. The van der Waals surface area contributed by atoms with E-state index in [2.05, 4.69) is 30.3 Å². The Morgan fingerprint density at radius 3 is 2.56 bits per heavy atom. The summed E-state index contributed by atoms with van der Waals surface area (Å²) < 4.78 is 54.8. The summed E-state index contributed by atoms with van der Waals surface area (Å²) in [5.41, 5.74) is 6.71. The molecule has 12 heteroatoms. The first-order valence-corrected chi connectivity index (χ1v) is 9.62. The third-order valence-corrected chi connectivity index (χ3v) is 4.88. The SMILES string of the molecule is NC(=O)c1cc(-c2ccc(OC(F)(F)F)cc2)nc2c(N[C@@H]3CNC[C@@H](F)C3)ncnc12.